The number of hydrogen-bond donors (Lipinski definition) is 2. The minimum absolute atomic E-state index is 0.401. The Morgan fingerprint density at radius 3 is 2.62 bits per heavy atom. The van der Waals surface area contributed by atoms with E-state index < -0.39 is 0 Å². The number of thioether (sulfide) groups is 1. The van der Waals surface area contributed by atoms with Gasteiger partial charge < -0.3 is 4.90 Å². The molecule has 0 fully saturated rings. The van der Waals surface area contributed by atoms with Crippen molar-refractivity contribution in [3.8, 4) is 0 Å². The average Bonchev–Trinajstić information content (AvgIpc) is 2.29. The second-order valence-electron chi connectivity index (χ2n) is 3.48. The number of unbranched alkanes of at least 4 members (excludes halogenated alkanes) is 1. The zero-order chi connectivity index (χ0) is 12.0. The number of nitrogens with two attached hydrogens (primary N) is 1. The number of aromatic nitrogens is 3. The molecule has 16 heavy (non-hydrogen) atoms. The van der Waals surface area contributed by atoms with Crippen LogP contribution in [0.3, 0.4) is 0 Å². The lowest BCUT2D eigenvalue weighted by molar-refractivity contribution is 0.856. The van der Waals surface area contributed by atoms with Crippen LogP contribution < -0.4 is 16.2 Å². The van der Waals surface area contributed by atoms with Crippen LogP contribution >= 0.6 is 11.8 Å². The highest BCUT2D eigenvalue weighted by Gasteiger charge is 2.07. The molecular formula is C9H18N6S. The maximum absolute atomic E-state index is 5.31. The lowest BCUT2D eigenvalue weighted by Crippen LogP contribution is -2.17. The molecule has 0 amide bonds. The van der Waals surface area contributed by atoms with Crippen LogP contribution in [0.15, 0.2) is 5.16 Å². The minimum Gasteiger partial charge on any atom is -0.347 e. The Morgan fingerprint density at radius 2 is 2.06 bits per heavy atom. The van der Waals surface area contributed by atoms with Crippen LogP contribution in [0.1, 0.15) is 19.8 Å². The molecule has 1 aromatic heterocycles. The highest BCUT2D eigenvalue weighted by Crippen LogP contribution is 2.18. The van der Waals surface area contributed by atoms with Gasteiger partial charge in [-0.25, -0.2) is 5.84 Å². The van der Waals surface area contributed by atoms with E-state index in [1.54, 1.807) is 11.8 Å². The molecule has 0 aliphatic carbocycles. The van der Waals surface area contributed by atoms with Crippen molar-refractivity contribution in [3.05, 3.63) is 0 Å². The highest BCUT2D eigenvalue weighted by atomic mass is 32.2. The molecule has 1 rings (SSSR count). The first-order valence-corrected chi connectivity index (χ1v) is 6.18. The van der Waals surface area contributed by atoms with Gasteiger partial charge in [-0.2, -0.15) is 15.0 Å². The number of hydrazine groups is 1. The van der Waals surface area contributed by atoms with E-state index in [4.69, 9.17) is 5.84 Å². The van der Waals surface area contributed by atoms with Gasteiger partial charge in [-0.05, 0) is 6.42 Å². The molecule has 1 heterocycles. The summed E-state index contributed by atoms with van der Waals surface area (Å²) in [4.78, 5) is 14.5. The van der Waals surface area contributed by atoms with Crippen LogP contribution in [-0.4, -0.2) is 34.8 Å². The topological polar surface area (TPSA) is 80.0 Å². The van der Waals surface area contributed by atoms with Crippen LogP contribution in [-0.2, 0) is 0 Å². The van der Waals surface area contributed by atoms with Crippen molar-refractivity contribution in [2.75, 3.05) is 30.2 Å². The van der Waals surface area contributed by atoms with Crippen molar-refractivity contribution in [1.29, 1.82) is 0 Å². The van der Waals surface area contributed by atoms with E-state index in [0.29, 0.717) is 17.1 Å². The number of rotatable bonds is 6. The van der Waals surface area contributed by atoms with Crippen LogP contribution in [0.25, 0.3) is 0 Å². The zero-order valence-electron chi connectivity index (χ0n) is 9.90. The summed E-state index contributed by atoms with van der Waals surface area (Å²) < 4.78 is 0. The summed E-state index contributed by atoms with van der Waals surface area (Å²) in [6.45, 7) is 2.16. The van der Waals surface area contributed by atoms with Gasteiger partial charge >= 0.3 is 0 Å². The van der Waals surface area contributed by atoms with Gasteiger partial charge in [0.15, 0.2) is 5.16 Å². The van der Waals surface area contributed by atoms with E-state index in [2.05, 4.69) is 27.3 Å². The van der Waals surface area contributed by atoms with Gasteiger partial charge in [-0.15, -0.1) is 0 Å². The fourth-order valence-electron chi connectivity index (χ4n) is 0.983. The second-order valence-corrected chi connectivity index (χ2v) is 4.54. The molecule has 0 aromatic carbocycles. The Hall–Kier alpha value is -1.08. The molecule has 0 atom stereocenters. The molecule has 0 bridgehead atoms. The minimum atomic E-state index is 0.401. The Kier molecular flexibility index (Phi) is 5.27. The van der Waals surface area contributed by atoms with E-state index in [9.17, 15) is 0 Å². The summed E-state index contributed by atoms with van der Waals surface area (Å²) in [5.41, 5.74) is 2.45. The second kappa shape index (κ2) is 6.49. The first-order valence-electron chi connectivity index (χ1n) is 5.20. The van der Waals surface area contributed by atoms with Gasteiger partial charge in [0.2, 0.25) is 11.9 Å². The SMILES string of the molecule is CCCCSc1nc(NN)nc(N(C)C)n1. The first kappa shape index (κ1) is 13.0. The fourth-order valence-corrected chi connectivity index (χ4v) is 1.90. The molecule has 0 aliphatic rings. The summed E-state index contributed by atoms with van der Waals surface area (Å²) in [5, 5.41) is 0.708. The monoisotopic (exact) mass is 242 g/mol. The van der Waals surface area contributed by atoms with Gasteiger partial charge in [-0.3, -0.25) is 5.43 Å². The highest BCUT2D eigenvalue weighted by molar-refractivity contribution is 7.99. The predicted octanol–water partition coefficient (Wildman–Crippen LogP) is 1.12. The summed E-state index contributed by atoms with van der Waals surface area (Å²) >= 11 is 1.62. The van der Waals surface area contributed by atoms with E-state index >= 15 is 0 Å². The molecule has 0 saturated heterocycles. The smallest absolute Gasteiger partial charge is 0.242 e. The van der Waals surface area contributed by atoms with Crippen LogP contribution in [0.5, 0.6) is 0 Å². The van der Waals surface area contributed by atoms with Crippen molar-refractivity contribution in [2.45, 2.75) is 24.9 Å². The molecule has 3 N–H and O–H groups in total. The maximum atomic E-state index is 5.31. The van der Waals surface area contributed by atoms with Gasteiger partial charge in [0.05, 0.1) is 0 Å². The summed E-state index contributed by atoms with van der Waals surface area (Å²) in [6.07, 6.45) is 2.32. The normalized spacial score (nSPS) is 10.2. The number of nitrogens with one attached hydrogen (secondary N) is 1. The summed E-state index contributed by atoms with van der Waals surface area (Å²) in [5.74, 6) is 7.34. The van der Waals surface area contributed by atoms with Gasteiger partial charge in [-0.1, -0.05) is 25.1 Å². The number of hydrogen-bond acceptors (Lipinski definition) is 7. The molecule has 0 radical (unpaired) electrons. The maximum Gasteiger partial charge on any atom is 0.242 e. The summed E-state index contributed by atoms with van der Waals surface area (Å²) in [7, 11) is 3.77. The van der Waals surface area contributed by atoms with Crippen LogP contribution in [0.2, 0.25) is 0 Å². The molecule has 0 saturated carbocycles. The van der Waals surface area contributed by atoms with Crippen LogP contribution in [0, 0.1) is 0 Å². The fraction of sp³-hybridized carbons (Fsp3) is 0.667. The third-order valence-corrected chi connectivity index (χ3v) is 2.79. The standard InChI is InChI=1S/C9H18N6S/c1-4-5-6-16-9-12-7(14-10)11-8(13-9)15(2)3/h4-6,10H2,1-3H3,(H,11,12,13,14). The van der Waals surface area contributed by atoms with E-state index in [0.717, 1.165) is 12.2 Å². The Morgan fingerprint density at radius 1 is 1.31 bits per heavy atom. The lowest BCUT2D eigenvalue weighted by Gasteiger charge is -2.11. The van der Waals surface area contributed by atoms with Crippen molar-refractivity contribution in [3.63, 3.8) is 0 Å². The van der Waals surface area contributed by atoms with Gasteiger partial charge in [0, 0.05) is 19.8 Å². The van der Waals surface area contributed by atoms with E-state index in [1.807, 2.05) is 19.0 Å². The molecule has 0 unspecified atom stereocenters. The lowest BCUT2D eigenvalue weighted by atomic mass is 10.4. The van der Waals surface area contributed by atoms with E-state index in [-0.39, 0.29) is 0 Å². The average molecular weight is 242 g/mol. The van der Waals surface area contributed by atoms with E-state index in [1.165, 1.54) is 6.42 Å². The van der Waals surface area contributed by atoms with Gasteiger partial charge in [0.1, 0.15) is 0 Å². The molecule has 1 aromatic rings. The quantitative estimate of drug-likeness (QED) is 0.335. The van der Waals surface area contributed by atoms with Gasteiger partial charge in [0.25, 0.3) is 0 Å². The Balaban J connectivity index is 2.78. The molecule has 7 heteroatoms. The molecule has 0 aliphatic heterocycles. The molecule has 90 valence electrons. The predicted molar refractivity (Wildman–Crippen MR) is 67.6 cm³/mol. The Labute approximate surface area is 100 Å². The van der Waals surface area contributed by atoms with Crippen molar-refractivity contribution < 1.29 is 0 Å². The van der Waals surface area contributed by atoms with Crippen molar-refractivity contribution in [1.82, 2.24) is 15.0 Å². The molecule has 0 spiro atoms. The Bertz CT molecular complexity index is 330. The molecular weight excluding hydrogens is 224 g/mol. The molecule has 6 nitrogen and oxygen atoms in total. The first-order chi connectivity index (χ1) is 7.67. The van der Waals surface area contributed by atoms with Crippen molar-refractivity contribution in [2.24, 2.45) is 5.84 Å². The van der Waals surface area contributed by atoms with Crippen molar-refractivity contribution >= 4 is 23.7 Å². The largest absolute Gasteiger partial charge is 0.347 e. The summed E-state index contributed by atoms with van der Waals surface area (Å²) in [6, 6.07) is 0. The third-order valence-electron chi connectivity index (χ3n) is 1.86. The number of anilines is 2. The van der Waals surface area contributed by atoms with Crippen LogP contribution in [0.4, 0.5) is 11.9 Å². The number of nitrogens with zero attached hydrogens (tertiary/aromatic N) is 4. The number of nitrogen functional groups attached to an aromatic ring is 1. The zero-order valence-corrected chi connectivity index (χ0v) is 10.7. The third kappa shape index (κ3) is 3.82.